The van der Waals surface area contributed by atoms with Gasteiger partial charge < -0.3 is 10.0 Å². The van der Waals surface area contributed by atoms with E-state index >= 15 is 0 Å². The van der Waals surface area contributed by atoms with Gasteiger partial charge in [0.2, 0.25) is 0 Å². The van der Waals surface area contributed by atoms with Crippen LogP contribution in [0.3, 0.4) is 0 Å². The largest absolute Gasteiger partial charge is 0.480 e. The van der Waals surface area contributed by atoms with Crippen LogP contribution < -0.4 is 4.90 Å². The van der Waals surface area contributed by atoms with Crippen molar-refractivity contribution in [2.75, 3.05) is 37.6 Å². The Bertz CT molecular complexity index is 677. The maximum atomic E-state index is 10.8. The zero-order valence-electron chi connectivity index (χ0n) is 12.2. The Morgan fingerprint density at radius 3 is 2.67 bits per heavy atom. The van der Waals surface area contributed by atoms with Crippen molar-refractivity contribution < 1.29 is 9.90 Å². The van der Waals surface area contributed by atoms with Gasteiger partial charge in [0.05, 0.1) is 11.9 Å². The van der Waals surface area contributed by atoms with Gasteiger partial charge in [-0.15, -0.1) is 11.3 Å². The minimum atomic E-state index is -0.766. The van der Waals surface area contributed by atoms with Crippen molar-refractivity contribution >= 4 is 33.3 Å². The lowest BCUT2D eigenvalue weighted by Crippen LogP contribution is -2.48. The number of aromatic nitrogens is 2. The van der Waals surface area contributed by atoms with Gasteiger partial charge in [-0.1, -0.05) is 0 Å². The maximum Gasteiger partial charge on any atom is 0.317 e. The molecule has 1 saturated heterocycles. The van der Waals surface area contributed by atoms with Crippen LogP contribution in [0, 0.1) is 13.8 Å². The molecule has 0 saturated carbocycles. The van der Waals surface area contributed by atoms with Gasteiger partial charge >= 0.3 is 5.97 Å². The monoisotopic (exact) mass is 306 g/mol. The summed E-state index contributed by atoms with van der Waals surface area (Å²) in [6.07, 6.45) is 1.62. The third-order valence-electron chi connectivity index (χ3n) is 3.98. The van der Waals surface area contributed by atoms with Gasteiger partial charge in [0, 0.05) is 31.1 Å². The Morgan fingerprint density at radius 2 is 2.00 bits per heavy atom. The van der Waals surface area contributed by atoms with Crippen molar-refractivity contribution in [2.24, 2.45) is 0 Å². The summed E-state index contributed by atoms with van der Waals surface area (Å²) in [5.74, 6) is 0.217. The van der Waals surface area contributed by atoms with E-state index in [-0.39, 0.29) is 6.54 Å². The average molecular weight is 306 g/mol. The summed E-state index contributed by atoms with van der Waals surface area (Å²) in [6, 6.07) is 0. The molecular weight excluding hydrogens is 288 g/mol. The molecule has 1 aliphatic heterocycles. The molecule has 1 aliphatic rings. The number of aryl methyl sites for hydroxylation is 2. The quantitative estimate of drug-likeness (QED) is 0.927. The van der Waals surface area contributed by atoms with Gasteiger partial charge in [-0.2, -0.15) is 0 Å². The first kappa shape index (κ1) is 14.2. The lowest BCUT2D eigenvalue weighted by atomic mass is 10.2. The number of anilines is 1. The fraction of sp³-hybridized carbons (Fsp3) is 0.500. The molecule has 0 aromatic carbocycles. The van der Waals surface area contributed by atoms with Crippen molar-refractivity contribution in [3.63, 3.8) is 0 Å². The molecule has 0 bridgehead atoms. The van der Waals surface area contributed by atoms with Crippen LogP contribution in [0.25, 0.3) is 10.2 Å². The first-order valence-electron chi connectivity index (χ1n) is 6.96. The van der Waals surface area contributed by atoms with Crippen LogP contribution in [-0.4, -0.2) is 58.7 Å². The number of aliphatic carboxylic acids is 1. The minimum Gasteiger partial charge on any atom is -0.480 e. The maximum absolute atomic E-state index is 10.8. The first-order valence-corrected chi connectivity index (χ1v) is 7.77. The van der Waals surface area contributed by atoms with E-state index in [1.54, 1.807) is 17.7 Å². The van der Waals surface area contributed by atoms with Crippen LogP contribution in [-0.2, 0) is 4.79 Å². The summed E-state index contributed by atoms with van der Waals surface area (Å²) in [5.41, 5.74) is 1.25. The molecule has 2 aromatic rings. The van der Waals surface area contributed by atoms with Crippen LogP contribution in [0.5, 0.6) is 0 Å². The number of thiophene rings is 1. The zero-order valence-corrected chi connectivity index (χ0v) is 13.0. The Labute approximate surface area is 127 Å². The van der Waals surface area contributed by atoms with E-state index < -0.39 is 5.97 Å². The van der Waals surface area contributed by atoms with Crippen LogP contribution in [0.1, 0.15) is 10.4 Å². The number of rotatable bonds is 3. The molecule has 3 rings (SSSR count). The summed E-state index contributed by atoms with van der Waals surface area (Å²) in [4.78, 5) is 26.1. The SMILES string of the molecule is Cc1sc2ncnc(N3CCN(CC(=O)O)CC3)c2c1C. The van der Waals surface area contributed by atoms with E-state index in [1.165, 1.54) is 10.4 Å². The summed E-state index contributed by atoms with van der Waals surface area (Å²) >= 11 is 1.70. The van der Waals surface area contributed by atoms with Crippen molar-refractivity contribution in [1.29, 1.82) is 0 Å². The summed E-state index contributed by atoms with van der Waals surface area (Å²) in [6.45, 7) is 7.43. The number of hydrogen-bond acceptors (Lipinski definition) is 6. The lowest BCUT2D eigenvalue weighted by Gasteiger charge is -2.34. The van der Waals surface area contributed by atoms with Gasteiger partial charge in [-0.3, -0.25) is 9.69 Å². The second kappa shape index (κ2) is 5.57. The molecule has 112 valence electrons. The van der Waals surface area contributed by atoms with Crippen LogP contribution in [0.15, 0.2) is 6.33 Å². The van der Waals surface area contributed by atoms with Crippen LogP contribution in [0.4, 0.5) is 5.82 Å². The van der Waals surface area contributed by atoms with Crippen molar-refractivity contribution in [3.05, 3.63) is 16.8 Å². The molecule has 7 heteroatoms. The molecule has 0 radical (unpaired) electrons. The van der Waals surface area contributed by atoms with Crippen LogP contribution >= 0.6 is 11.3 Å². The molecule has 0 aliphatic carbocycles. The van der Waals surface area contributed by atoms with Gasteiger partial charge in [-0.25, -0.2) is 9.97 Å². The number of carboxylic acids is 1. The van der Waals surface area contributed by atoms with Gasteiger partial charge in [0.15, 0.2) is 0 Å². The third-order valence-corrected chi connectivity index (χ3v) is 5.09. The van der Waals surface area contributed by atoms with E-state index in [0.717, 1.165) is 42.2 Å². The Hall–Kier alpha value is -1.73. The number of nitrogens with zero attached hydrogens (tertiary/aromatic N) is 4. The fourth-order valence-electron chi connectivity index (χ4n) is 2.71. The predicted molar refractivity (Wildman–Crippen MR) is 83.2 cm³/mol. The van der Waals surface area contributed by atoms with Gasteiger partial charge in [0.1, 0.15) is 17.0 Å². The van der Waals surface area contributed by atoms with Gasteiger partial charge in [0.25, 0.3) is 0 Å². The average Bonchev–Trinajstić information content (AvgIpc) is 2.74. The van der Waals surface area contributed by atoms with Crippen LogP contribution in [0.2, 0.25) is 0 Å². The number of hydrogen-bond donors (Lipinski definition) is 1. The normalized spacial score (nSPS) is 16.6. The van der Waals surface area contributed by atoms with E-state index in [2.05, 4.69) is 28.7 Å². The Morgan fingerprint density at radius 1 is 1.29 bits per heavy atom. The summed E-state index contributed by atoms with van der Waals surface area (Å²) in [5, 5.41) is 10.00. The van der Waals surface area contributed by atoms with E-state index in [4.69, 9.17) is 5.11 Å². The van der Waals surface area contributed by atoms with Crippen molar-refractivity contribution in [3.8, 4) is 0 Å². The molecular formula is C14H18N4O2S. The van der Waals surface area contributed by atoms with E-state index in [9.17, 15) is 4.79 Å². The highest BCUT2D eigenvalue weighted by Gasteiger charge is 2.22. The molecule has 2 aromatic heterocycles. The smallest absolute Gasteiger partial charge is 0.317 e. The van der Waals surface area contributed by atoms with Gasteiger partial charge in [-0.05, 0) is 19.4 Å². The minimum absolute atomic E-state index is 0.115. The third kappa shape index (κ3) is 2.71. The summed E-state index contributed by atoms with van der Waals surface area (Å²) in [7, 11) is 0. The number of fused-ring (bicyclic) bond motifs is 1. The Balaban J connectivity index is 1.84. The molecule has 0 atom stereocenters. The highest BCUT2D eigenvalue weighted by Crippen LogP contribution is 2.34. The second-order valence-electron chi connectivity index (χ2n) is 5.32. The second-order valence-corrected chi connectivity index (χ2v) is 6.52. The number of carboxylic acid groups (broad SMARTS) is 1. The molecule has 3 heterocycles. The first-order chi connectivity index (χ1) is 10.1. The van der Waals surface area contributed by atoms with Crippen molar-refractivity contribution in [2.45, 2.75) is 13.8 Å². The predicted octanol–water partition coefficient (Wildman–Crippen LogP) is 1.51. The zero-order chi connectivity index (χ0) is 15.0. The highest BCUT2D eigenvalue weighted by atomic mass is 32.1. The molecule has 0 spiro atoms. The van der Waals surface area contributed by atoms with E-state index in [0.29, 0.717) is 0 Å². The molecule has 21 heavy (non-hydrogen) atoms. The molecule has 6 nitrogen and oxygen atoms in total. The fourth-order valence-corrected chi connectivity index (χ4v) is 3.70. The lowest BCUT2D eigenvalue weighted by molar-refractivity contribution is -0.138. The van der Waals surface area contributed by atoms with E-state index in [1.807, 2.05) is 4.90 Å². The Kier molecular flexibility index (Phi) is 3.77. The summed E-state index contributed by atoms with van der Waals surface area (Å²) < 4.78 is 0. The molecule has 1 fully saturated rings. The standard InChI is InChI=1S/C14H18N4O2S/c1-9-10(2)21-14-12(9)13(15-8-16-14)18-5-3-17(4-6-18)7-11(19)20/h8H,3-7H2,1-2H3,(H,19,20). The molecule has 0 unspecified atom stereocenters. The topological polar surface area (TPSA) is 69.6 Å². The number of piperazine rings is 1. The number of carbonyl (C=O) groups is 1. The van der Waals surface area contributed by atoms with Crippen molar-refractivity contribution in [1.82, 2.24) is 14.9 Å². The molecule has 0 amide bonds. The molecule has 1 N–H and O–H groups in total. The highest BCUT2D eigenvalue weighted by molar-refractivity contribution is 7.18.